The largest absolute Gasteiger partial charge is 0.434 e. The number of hydrogen-bond acceptors (Lipinski definition) is 4. The molecule has 1 heterocycles. The normalized spacial score (nSPS) is 10.8. The summed E-state index contributed by atoms with van der Waals surface area (Å²) in [7, 11) is 0. The maximum absolute atomic E-state index is 13.8. The summed E-state index contributed by atoms with van der Waals surface area (Å²) in [6, 6.07) is 5.55. The zero-order valence-corrected chi connectivity index (χ0v) is 12.2. The number of nitrogens with zero attached hydrogens (tertiary/aromatic N) is 2. The van der Waals surface area contributed by atoms with Gasteiger partial charge >= 0.3 is 6.61 Å². The van der Waals surface area contributed by atoms with Crippen molar-refractivity contribution in [1.29, 1.82) is 0 Å². The molecule has 4 nitrogen and oxygen atoms in total. The molecule has 0 saturated carbocycles. The molecule has 0 amide bonds. The lowest BCUT2D eigenvalue weighted by Gasteiger charge is -2.13. The van der Waals surface area contributed by atoms with Crippen LogP contribution in [-0.2, 0) is 13.0 Å². The molecule has 0 atom stereocenters. The molecule has 0 unspecified atom stereocenters. The van der Waals surface area contributed by atoms with Crippen molar-refractivity contribution >= 4 is 5.82 Å². The van der Waals surface area contributed by atoms with Gasteiger partial charge in [0, 0.05) is 23.9 Å². The molecule has 0 spiro atoms. The van der Waals surface area contributed by atoms with E-state index in [0.29, 0.717) is 11.6 Å². The number of benzene rings is 1. The number of alkyl halides is 2. The summed E-state index contributed by atoms with van der Waals surface area (Å²) >= 11 is 0. The van der Waals surface area contributed by atoms with E-state index in [1.54, 1.807) is 13.0 Å². The third-order valence-corrected chi connectivity index (χ3v) is 2.99. The zero-order valence-electron chi connectivity index (χ0n) is 12.2. The predicted octanol–water partition coefficient (Wildman–Crippen LogP) is 3.70. The van der Waals surface area contributed by atoms with Crippen LogP contribution in [0.3, 0.4) is 0 Å². The number of anilines is 1. The minimum Gasteiger partial charge on any atom is -0.434 e. The second-order valence-corrected chi connectivity index (χ2v) is 4.59. The molecule has 118 valence electrons. The van der Waals surface area contributed by atoms with Crippen molar-refractivity contribution in [3.05, 3.63) is 47.2 Å². The lowest BCUT2D eigenvalue weighted by molar-refractivity contribution is -0.0505. The van der Waals surface area contributed by atoms with Crippen molar-refractivity contribution in [1.82, 2.24) is 9.97 Å². The molecule has 0 fully saturated rings. The molecule has 0 aliphatic heterocycles. The lowest BCUT2D eigenvalue weighted by atomic mass is 10.2. The van der Waals surface area contributed by atoms with Gasteiger partial charge in [-0.1, -0.05) is 13.0 Å². The van der Waals surface area contributed by atoms with Gasteiger partial charge < -0.3 is 10.1 Å². The van der Waals surface area contributed by atoms with Crippen LogP contribution in [0.5, 0.6) is 5.75 Å². The Morgan fingerprint density at radius 2 is 2.05 bits per heavy atom. The number of aromatic nitrogens is 2. The van der Waals surface area contributed by atoms with Gasteiger partial charge in [-0.15, -0.1) is 0 Å². The van der Waals surface area contributed by atoms with Gasteiger partial charge in [0.2, 0.25) is 0 Å². The minimum absolute atomic E-state index is 0.0195. The van der Waals surface area contributed by atoms with Crippen LogP contribution in [0.2, 0.25) is 0 Å². The van der Waals surface area contributed by atoms with E-state index < -0.39 is 12.4 Å². The third kappa shape index (κ3) is 4.09. The number of rotatable bonds is 6. The first-order valence-electron chi connectivity index (χ1n) is 6.80. The summed E-state index contributed by atoms with van der Waals surface area (Å²) in [5, 5.41) is 2.91. The van der Waals surface area contributed by atoms with Crippen molar-refractivity contribution in [2.75, 3.05) is 5.32 Å². The Hall–Kier alpha value is -2.31. The Morgan fingerprint density at radius 1 is 1.27 bits per heavy atom. The highest BCUT2D eigenvalue weighted by Gasteiger charge is 2.14. The molecule has 0 aliphatic rings. The average Bonchev–Trinajstić information content (AvgIpc) is 2.45. The van der Waals surface area contributed by atoms with E-state index >= 15 is 0 Å². The van der Waals surface area contributed by atoms with Crippen LogP contribution < -0.4 is 10.1 Å². The van der Waals surface area contributed by atoms with Crippen molar-refractivity contribution in [2.45, 2.75) is 33.4 Å². The number of halogens is 3. The number of aryl methyl sites for hydroxylation is 2. The Balaban J connectivity index is 2.19. The summed E-state index contributed by atoms with van der Waals surface area (Å²) < 4.78 is 42.9. The molecule has 1 aromatic heterocycles. The molecule has 1 aromatic carbocycles. The Bertz CT molecular complexity index is 650. The van der Waals surface area contributed by atoms with E-state index in [1.807, 2.05) is 6.92 Å². The summed E-state index contributed by atoms with van der Waals surface area (Å²) in [6.45, 7) is 0.679. The second kappa shape index (κ2) is 7.11. The van der Waals surface area contributed by atoms with Gasteiger partial charge in [0.1, 0.15) is 23.2 Å². The first kappa shape index (κ1) is 16.1. The van der Waals surface area contributed by atoms with Crippen LogP contribution >= 0.6 is 0 Å². The summed E-state index contributed by atoms with van der Waals surface area (Å²) in [4.78, 5) is 8.42. The molecule has 22 heavy (non-hydrogen) atoms. The van der Waals surface area contributed by atoms with E-state index in [1.165, 1.54) is 18.2 Å². The van der Waals surface area contributed by atoms with Crippen LogP contribution in [-0.4, -0.2) is 16.6 Å². The molecular weight excluding hydrogens is 295 g/mol. The van der Waals surface area contributed by atoms with Crippen molar-refractivity contribution in [3.63, 3.8) is 0 Å². The van der Waals surface area contributed by atoms with Gasteiger partial charge in [0.15, 0.2) is 0 Å². The van der Waals surface area contributed by atoms with Crippen LogP contribution in [0.25, 0.3) is 0 Å². The predicted molar refractivity (Wildman–Crippen MR) is 76.5 cm³/mol. The highest BCUT2D eigenvalue weighted by Crippen LogP contribution is 2.24. The summed E-state index contributed by atoms with van der Waals surface area (Å²) in [5.74, 6) is 0.283. The minimum atomic E-state index is -3.01. The van der Waals surface area contributed by atoms with Gasteiger partial charge in [-0.25, -0.2) is 14.4 Å². The smallest absolute Gasteiger partial charge is 0.387 e. The Labute approximate surface area is 126 Å². The van der Waals surface area contributed by atoms with Gasteiger partial charge in [0.25, 0.3) is 0 Å². The molecule has 1 N–H and O–H groups in total. The maximum Gasteiger partial charge on any atom is 0.387 e. The number of hydrogen-bond donors (Lipinski definition) is 1. The van der Waals surface area contributed by atoms with Gasteiger partial charge in [-0.2, -0.15) is 8.78 Å². The Kier molecular flexibility index (Phi) is 5.19. The fourth-order valence-electron chi connectivity index (χ4n) is 2.00. The van der Waals surface area contributed by atoms with Crippen molar-refractivity contribution in [3.8, 4) is 5.75 Å². The quantitative estimate of drug-likeness (QED) is 0.883. The molecular formula is C15H16F3N3O. The molecule has 0 saturated heterocycles. The van der Waals surface area contributed by atoms with Crippen LogP contribution in [0.15, 0.2) is 24.3 Å². The molecule has 0 bridgehead atoms. The molecule has 7 heteroatoms. The SMILES string of the molecule is CCc1cc(NCc2c(F)cccc2OC(F)F)nc(C)n1. The van der Waals surface area contributed by atoms with E-state index in [4.69, 9.17) is 0 Å². The maximum atomic E-state index is 13.8. The highest BCUT2D eigenvalue weighted by atomic mass is 19.3. The molecule has 2 rings (SSSR count). The van der Waals surface area contributed by atoms with Gasteiger partial charge in [-0.05, 0) is 25.5 Å². The van der Waals surface area contributed by atoms with Crippen LogP contribution in [0.1, 0.15) is 24.0 Å². The number of ether oxygens (including phenoxy) is 1. The van der Waals surface area contributed by atoms with Gasteiger partial charge in [0.05, 0.1) is 0 Å². The molecule has 0 aliphatic carbocycles. The summed E-state index contributed by atoms with van der Waals surface area (Å²) in [5.41, 5.74) is 0.865. The van der Waals surface area contributed by atoms with E-state index in [2.05, 4.69) is 20.0 Å². The van der Waals surface area contributed by atoms with E-state index in [0.717, 1.165) is 12.1 Å². The van der Waals surface area contributed by atoms with E-state index in [-0.39, 0.29) is 17.9 Å². The highest BCUT2D eigenvalue weighted by molar-refractivity contribution is 5.41. The lowest BCUT2D eigenvalue weighted by Crippen LogP contribution is -2.10. The fourth-order valence-corrected chi connectivity index (χ4v) is 2.00. The van der Waals surface area contributed by atoms with Gasteiger partial charge in [-0.3, -0.25) is 0 Å². The monoisotopic (exact) mass is 311 g/mol. The molecule has 2 aromatic rings. The first-order valence-corrected chi connectivity index (χ1v) is 6.80. The Morgan fingerprint density at radius 3 is 2.73 bits per heavy atom. The second-order valence-electron chi connectivity index (χ2n) is 4.59. The standard InChI is InChI=1S/C15H16F3N3O/c1-3-10-7-14(21-9(2)20-10)19-8-11-12(16)5-4-6-13(11)22-15(17)18/h4-7,15H,3,8H2,1-2H3,(H,19,20,21). The topological polar surface area (TPSA) is 47.0 Å². The van der Waals surface area contributed by atoms with Crippen LogP contribution in [0, 0.1) is 12.7 Å². The number of nitrogens with one attached hydrogen (secondary N) is 1. The zero-order chi connectivity index (χ0) is 16.1. The third-order valence-electron chi connectivity index (χ3n) is 2.99. The van der Waals surface area contributed by atoms with Crippen LogP contribution in [0.4, 0.5) is 19.0 Å². The first-order chi connectivity index (χ1) is 10.5. The van der Waals surface area contributed by atoms with Crippen molar-refractivity contribution in [2.24, 2.45) is 0 Å². The molecule has 0 radical (unpaired) electrons. The fraction of sp³-hybridized carbons (Fsp3) is 0.333. The average molecular weight is 311 g/mol. The van der Waals surface area contributed by atoms with Crippen molar-refractivity contribution < 1.29 is 17.9 Å². The van der Waals surface area contributed by atoms with E-state index in [9.17, 15) is 13.2 Å². The summed E-state index contributed by atoms with van der Waals surface area (Å²) in [6.07, 6.45) is 0.734.